The highest BCUT2D eigenvalue weighted by atomic mass is 16.8. The molecule has 10 rings (SSSR count). The molecule has 0 radical (unpaired) electrons. The lowest BCUT2D eigenvalue weighted by Crippen LogP contribution is -2.69. The van der Waals surface area contributed by atoms with E-state index in [2.05, 4.69) is 40.7 Å². The van der Waals surface area contributed by atoms with Crippen LogP contribution in [0.15, 0.2) is 11.6 Å². The maximum atomic E-state index is 15.7. The second-order valence-electron chi connectivity index (χ2n) is 27.7. The fourth-order valence-electron chi connectivity index (χ4n) is 17.3. The van der Waals surface area contributed by atoms with Gasteiger partial charge in [0.25, 0.3) is 0 Å². The van der Waals surface area contributed by atoms with Gasteiger partial charge in [-0.15, -0.1) is 0 Å². The molecule has 9 fully saturated rings. The topological polar surface area (TPSA) is 413 Å². The largest absolute Gasteiger partial charge is 0.432 e. The second kappa shape index (κ2) is 23.6. The Morgan fingerprint density at radius 1 is 0.554 bits per heavy atom. The van der Waals surface area contributed by atoms with Gasteiger partial charge in [-0.3, -0.25) is 4.79 Å². The maximum absolute atomic E-state index is 15.7. The summed E-state index contributed by atoms with van der Waals surface area (Å²) in [6.07, 6.45) is -30.9. The zero-order valence-electron chi connectivity index (χ0n) is 48.3. The van der Waals surface area contributed by atoms with Crippen LogP contribution < -0.4 is 0 Å². The van der Waals surface area contributed by atoms with Crippen molar-refractivity contribution in [1.29, 1.82) is 0 Å². The minimum Gasteiger partial charge on any atom is -0.432 e. The summed E-state index contributed by atoms with van der Waals surface area (Å²) in [5.74, 6) is -1.26. The Bertz CT molecular complexity index is 2310. The van der Waals surface area contributed by atoms with Gasteiger partial charge < -0.3 is 124 Å². The third kappa shape index (κ3) is 10.7. The van der Waals surface area contributed by atoms with Crippen LogP contribution in [0.25, 0.3) is 0 Å². The van der Waals surface area contributed by atoms with E-state index in [1.165, 1.54) is 6.92 Å². The average Bonchev–Trinajstić information content (AvgIpc) is 1.16. The van der Waals surface area contributed by atoms with Crippen molar-refractivity contribution in [2.75, 3.05) is 33.0 Å². The van der Waals surface area contributed by atoms with Crippen molar-refractivity contribution in [1.82, 2.24) is 0 Å². The van der Waals surface area contributed by atoms with Gasteiger partial charge in [0.1, 0.15) is 91.6 Å². The van der Waals surface area contributed by atoms with E-state index < -0.39 is 214 Å². The highest BCUT2D eigenvalue weighted by Gasteiger charge is 2.72. The van der Waals surface area contributed by atoms with Crippen molar-refractivity contribution in [2.45, 2.75) is 254 Å². The number of hydrogen-bond acceptors (Lipinski definition) is 26. The van der Waals surface area contributed by atoms with Crippen LogP contribution in [0.1, 0.15) is 106 Å². The predicted molar refractivity (Wildman–Crippen MR) is 279 cm³/mol. The smallest absolute Gasteiger partial charge is 0.315 e. The lowest BCUT2D eigenvalue weighted by molar-refractivity contribution is -0.382. The normalized spacial score (nSPS) is 55.4. The number of hydrogen-bond donors (Lipinski definition) is 15. The van der Waals surface area contributed by atoms with Crippen LogP contribution >= 0.6 is 0 Å². The summed E-state index contributed by atoms with van der Waals surface area (Å²) in [5.41, 5.74) is -2.84. The molecular formula is C57H92O26. The summed E-state index contributed by atoms with van der Waals surface area (Å²) in [5, 5.41) is 163. The fourth-order valence-corrected chi connectivity index (χ4v) is 17.3. The van der Waals surface area contributed by atoms with Crippen LogP contribution in [0.3, 0.4) is 0 Å². The molecule has 5 heterocycles. The van der Waals surface area contributed by atoms with Gasteiger partial charge in [-0.1, -0.05) is 53.2 Å². The first-order chi connectivity index (χ1) is 38.9. The molecule has 15 N–H and O–H groups in total. The summed E-state index contributed by atoms with van der Waals surface area (Å²) in [4.78, 5) is 15.7. The lowest BCUT2D eigenvalue weighted by Gasteiger charge is -2.72. The summed E-state index contributed by atoms with van der Waals surface area (Å²) in [6, 6.07) is 0. The van der Waals surface area contributed by atoms with Gasteiger partial charge in [-0.25, -0.2) is 0 Å². The minimum atomic E-state index is -1.96. The maximum Gasteiger partial charge on any atom is 0.315 e. The molecule has 32 unspecified atom stereocenters. The highest BCUT2D eigenvalue weighted by molar-refractivity contribution is 5.79. The molecule has 83 heavy (non-hydrogen) atoms. The molecule has 26 heteroatoms. The summed E-state index contributed by atoms with van der Waals surface area (Å²) < 4.78 is 60.1. The van der Waals surface area contributed by atoms with Crippen LogP contribution in [0.4, 0.5) is 0 Å². The number of allylic oxidation sites excluding steroid dienone is 2. The van der Waals surface area contributed by atoms with Gasteiger partial charge in [0.15, 0.2) is 31.3 Å². The first-order valence-corrected chi connectivity index (χ1v) is 29.7. The van der Waals surface area contributed by atoms with Crippen LogP contribution in [0, 0.1) is 50.2 Å². The minimum absolute atomic E-state index is 0.0465. The number of carbonyl (C=O) groups excluding carboxylic acids is 1. The number of ether oxygens (including phenoxy) is 10. The quantitative estimate of drug-likeness (QED) is 0.0516. The Morgan fingerprint density at radius 2 is 1.11 bits per heavy atom. The summed E-state index contributed by atoms with van der Waals surface area (Å²) >= 11 is 0. The first kappa shape index (κ1) is 64.2. The molecule has 0 aromatic carbocycles. The standard InChI is InChI=1S/C57H92O26/c1-23-42(79-46-38(69)33(64)27(61)19-74-46)37(68)41(72)48(77-23)81-44-43(80-47-39(70)34(65)28(62)20-75-47)29(63)21-76-50(44)83-51(73)57-14-12-52(2,3)16-25(57)24-8-9-32-53(4)17-26(60)45(82-49-40(71)36(67)35(66)30(18-58)78-49)54(5,22-59)31(53)10-11-56(32,7)55(24,6)13-15-57/h8,23,25-50,58-72H,9-22H2,1-7H3. The molecule has 5 aliphatic carbocycles. The molecule has 0 bridgehead atoms. The van der Waals surface area contributed by atoms with E-state index in [-0.39, 0.29) is 29.6 Å². The molecule has 0 spiro atoms. The zero-order chi connectivity index (χ0) is 60.4. The number of rotatable bonds is 12. The van der Waals surface area contributed by atoms with E-state index in [9.17, 15) is 76.6 Å². The van der Waals surface area contributed by atoms with Crippen LogP contribution in [0.2, 0.25) is 0 Å². The SMILES string of the molecule is CC1OC(OC2C(OC(=O)C34CCC(C)(C)CC3C3=CCC5C6(C)CC(O)C(OC7OC(CO)C(O)C(O)C7O)C(C)(CO)C6CCC5(C)C3(C)CC4)OCC(O)C2OC2OCC(O)C(O)C2O)C(O)C(O)C1OC1OCC(O)C(O)C1O. The molecule has 10 aliphatic rings. The highest BCUT2D eigenvalue weighted by Crippen LogP contribution is 2.76. The monoisotopic (exact) mass is 1190 g/mol. The Kier molecular flexibility index (Phi) is 18.2. The molecule has 0 aromatic rings. The lowest BCUT2D eigenvalue weighted by atomic mass is 9.33. The van der Waals surface area contributed by atoms with Crippen molar-refractivity contribution in [3.8, 4) is 0 Å². The number of aliphatic hydroxyl groups is 15. The number of fused-ring (bicyclic) bond motifs is 7. The fraction of sp³-hybridized carbons (Fsp3) is 0.947. The Morgan fingerprint density at radius 3 is 1.73 bits per heavy atom. The van der Waals surface area contributed by atoms with Gasteiger partial charge in [0.05, 0.1) is 56.8 Å². The van der Waals surface area contributed by atoms with Gasteiger partial charge >= 0.3 is 5.97 Å². The summed E-state index contributed by atoms with van der Waals surface area (Å²) in [6.45, 7) is 11.9. The Hall–Kier alpha value is -1.75. The Balaban J connectivity index is 0.924. The van der Waals surface area contributed by atoms with E-state index in [1.54, 1.807) is 0 Å². The third-order valence-electron chi connectivity index (χ3n) is 22.4. The van der Waals surface area contributed by atoms with Crippen molar-refractivity contribution in [3.05, 3.63) is 11.6 Å². The van der Waals surface area contributed by atoms with E-state index in [0.717, 1.165) is 5.57 Å². The van der Waals surface area contributed by atoms with Crippen LogP contribution in [0.5, 0.6) is 0 Å². The molecule has 476 valence electrons. The van der Waals surface area contributed by atoms with Crippen molar-refractivity contribution in [2.24, 2.45) is 50.2 Å². The van der Waals surface area contributed by atoms with E-state index in [4.69, 9.17) is 47.4 Å². The molecular weight excluding hydrogens is 1100 g/mol. The molecule has 5 aliphatic heterocycles. The van der Waals surface area contributed by atoms with Crippen LogP contribution in [-0.4, -0.2) is 263 Å². The number of esters is 1. The second-order valence-corrected chi connectivity index (χ2v) is 27.7. The van der Waals surface area contributed by atoms with Gasteiger partial charge in [0.2, 0.25) is 6.29 Å². The van der Waals surface area contributed by atoms with Crippen molar-refractivity contribution >= 4 is 5.97 Å². The number of aliphatic hydroxyl groups excluding tert-OH is 15. The summed E-state index contributed by atoms with van der Waals surface area (Å²) in [7, 11) is 0. The van der Waals surface area contributed by atoms with Crippen LogP contribution in [-0.2, 0) is 52.2 Å². The molecule has 4 saturated carbocycles. The van der Waals surface area contributed by atoms with Crippen molar-refractivity contribution in [3.63, 3.8) is 0 Å². The molecule has 26 nitrogen and oxygen atoms in total. The van der Waals surface area contributed by atoms with Crippen molar-refractivity contribution < 1.29 is 129 Å². The third-order valence-corrected chi connectivity index (χ3v) is 22.4. The predicted octanol–water partition coefficient (Wildman–Crippen LogP) is -3.32. The van der Waals surface area contributed by atoms with E-state index in [1.807, 2.05) is 6.92 Å². The van der Waals surface area contributed by atoms with Gasteiger partial charge in [-0.05, 0) is 104 Å². The molecule has 32 atom stereocenters. The molecule has 0 aromatic heterocycles. The molecule has 5 saturated heterocycles. The number of carbonyl (C=O) groups is 1. The molecule has 0 amide bonds. The van der Waals surface area contributed by atoms with Gasteiger partial charge in [-0.2, -0.15) is 0 Å². The Labute approximate surface area is 482 Å². The van der Waals surface area contributed by atoms with Gasteiger partial charge in [0, 0.05) is 5.41 Å². The van der Waals surface area contributed by atoms with E-state index >= 15 is 4.79 Å². The first-order valence-electron chi connectivity index (χ1n) is 29.7. The van der Waals surface area contributed by atoms with E-state index in [0.29, 0.717) is 51.4 Å². The average molecular weight is 1190 g/mol. The zero-order valence-corrected chi connectivity index (χ0v) is 48.3.